The van der Waals surface area contributed by atoms with Gasteiger partial charge in [-0.05, 0) is 36.8 Å². The van der Waals surface area contributed by atoms with Crippen LogP contribution in [0.5, 0.6) is 11.5 Å². The highest BCUT2D eigenvalue weighted by molar-refractivity contribution is 6.06. The molecule has 0 saturated heterocycles. The summed E-state index contributed by atoms with van der Waals surface area (Å²) in [6.07, 6.45) is 1.59. The lowest BCUT2D eigenvalue weighted by Gasteiger charge is -2.09. The summed E-state index contributed by atoms with van der Waals surface area (Å²) in [6.45, 7) is 1.84. The van der Waals surface area contributed by atoms with E-state index >= 15 is 0 Å². The van der Waals surface area contributed by atoms with Gasteiger partial charge in [0, 0.05) is 6.20 Å². The number of amides is 1. The molecular weight excluding hydrogens is 244 g/mol. The van der Waals surface area contributed by atoms with E-state index in [-0.39, 0.29) is 11.3 Å². The SMILES string of the molecule is COc1ccc(O)c(C(=O)Nc2ncccc2C)c1. The molecule has 0 aliphatic carbocycles. The van der Waals surface area contributed by atoms with E-state index in [1.165, 1.54) is 19.2 Å². The number of ether oxygens (including phenoxy) is 1. The number of aromatic nitrogens is 1. The van der Waals surface area contributed by atoms with Crippen LogP contribution in [0.3, 0.4) is 0 Å². The Morgan fingerprint density at radius 1 is 1.37 bits per heavy atom. The molecule has 0 fully saturated rings. The first-order valence-electron chi connectivity index (χ1n) is 5.72. The van der Waals surface area contributed by atoms with Gasteiger partial charge in [0.25, 0.3) is 5.91 Å². The maximum absolute atomic E-state index is 12.1. The van der Waals surface area contributed by atoms with Crippen molar-refractivity contribution < 1.29 is 14.6 Å². The molecule has 0 spiro atoms. The van der Waals surface area contributed by atoms with Gasteiger partial charge in [-0.25, -0.2) is 4.98 Å². The van der Waals surface area contributed by atoms with Crippen molar-refractivity contribution in [2.24, 2.45) is 0 Å². The van der Waals surface area contributed by atoms with Crippen molar-refractivity contribution in [1.82, 2.24) is 4.98 Å². The van der Waals surface area contributed by atoms with Crippen molar-refractivity contribution in [3.8, 4) is 11.5 Å². The maximum Gasteiger partial charge on any atom is 0.260 e. The topological polar surface area (TPSA) is 71.5 Å². The standard InChI is InChI=1S/C14H14N2O3/c1-9-4-3-7-15-13(9)16-14(18)11-8-10(19-2)5-6-12(11)17/h3-8,17H,1-2H3,(H,15,16,18). The molecular formula is C14H14N2O3. The van der Waals surface area contributed by atoms with Crippen molar-refractivity contribution in [3.05, 3.63) is 47.7 Å². The normalized spacial score (nSPS) is 10.0. The first kappa shape index (κ1) is 12.9. The van der Waals surface area contributed by atoms with E-state index in [0.717, 1.165) is 5.56 Å². The molecule has 0 radical (unpaired) electrons. The second-order valence-electron chi connectivity index (χ2n) is 4.01. The van der Waals surface area contributed by atoms with E-state index in [9.17, 15) is 9.90 Å². The second-order valence-corrected chi connectivity index (χ2v) is 4.01. The summed E-state index contributed by atoms with van der Waals surface area (Å²) < 4.78 is 5.03. The van der Waals surface area contributed by atoms with Crippen molar-refractivity contribution in [2.75, 3.05) is 12.4 Å². The molecule has 1 amide bonds. The zero-order valence-electron chi connectivity index (χ0n) is 10.7. The number of aryl methyl sites for hydroxylation is 1. The van der Waals surface area contributed by atoms with Gasteiger partial charge in [-0.1, -0.05) is 6.07 Å². The van der Waals surface area contributed by atoms with E-state index in [1.807, 2.05) is 13.0 Å². The van der Waals surface area contributed by atoms with Gasteiger partial charge < -0.3 is 15.2 Å². The average molecular weight is 258 g/mol. The predicted molar refractivity (Wildman–Crippen MR) is 71.6 cm³/mol. The number of carbonyl (C=O) groups excluding carboxylic acids is 1. The summed E-state index contributed by atoms with van der Waals surface area (Å²) in [7, 11) is 1.50. The highest BCUT2D eigenvalue weighted by atomic mass is 16.5. The second kappa shape index (κ2) is 5.39. The number of aromatic hydroxyl groups is 1. The number of hydrogen-bond donors (Lipinski definition) is 2. The van der Waals surface area contributed by atoms with Crippen molar-refractivity contribution in [1.29, 1.82) is 0 Å². The van der Waals surface area contributed by atoms with Gasteiger partial charge in [0.15, 0.2) is 0 Å². The number of phenols is 1. The van der Waals surface area contributed by atoms with E-state index < -0.39 is 5.91 Å². The number of hydrogen-bond acceptors (Lipinski definition) is 4. The van der Waals surface area contributed by atoms with Crippen LogP contribution >= 0.6 is 0 Å². The highest BCUT2D eigenvalue weighted by Gasteiger charge is 2.13. The number of anilines is 1. The lowest BCUT2D eigenvalue weighted by Crippen LogP contribution is -2.14. The number of pyridine rings is 1. The van der Waals surface area contributed by atoms with Crippen LogP contribution in [-0.4, -0.2) is 23.1 Å². The third-order valence-electron chi connectivity index (χ3n) is 2.69. The number of nitrogens with zero attached hydrogens (tertiary/aromatic N) is 1. The molecule has 0 atom stereocenters. The molecule has 19 heavy (non-hydrogen) atoms. The van der Waals surface area contributed by atoms with E-state index in [1.54, 1.807) is 18.3 Å². The van der Waals surface area contributed by atoms with Gasteiger partial charge >= 0.3 is 0 Å². The van der Waals surface area contributed by atoms with Gasteiger partial charge in [0.05, 0.1) is 12.7 Å². The van der Waals surface area contributed by atoms with Crippen LogP contribution < -0.4 is 10.1 Å². The zero-order chi connectivity index (χ0) is 13.8. The van der Waals surface area contributed by atoms with Gasteiger partial charge in [0.1, 0.15) is 17.3 Å². The van der Waals surface area contributed by atoms with Crippen LogP contribution in [0.1, 0.15) is 15.9 Å². The van der Waals surface area contributed by atoms with Crippen LogP contribution in [0.2, 0.25) is 0 Å². The highest BCUT2D eigenvalue weighted by Crippen LogP contribution is 2.24. The van der Waals surface area contributed by atoms with Crippen LogP contribution in [0.25, 0.3) is 0 Å². The number of rotatable bonds is 3. The summed E-state index contributed by atoms with van der Waals surface area (Å²) in [5.74, 6) is 0.431. The fourth-order valence-electron chi connectivity index (χ4n) is 1.62. The fraction of sp³-hybridized carbons (Fsp3) is 0.143. The van der Waals surface area contributed by atoms with Gasteiger partial charge in [-0.3, -0.25) is 4.79 Å². The molecule has 1 heterocycles. The van der Waals surface area contributed by atoms with Crippen molar-refractivity contribution in [3.63, 3.8) is 0 Å². The average Bonchev–Trinajstić information content (AvgIpc) is 2.42. The third kappa shape index (κ3) is 2.82. The summed E-state index contributed by atoms with van der Waals surface area (Å²) in [4.78, 5) is 16.2. The molecule has 2 aromatic rings. The predicted octanol–water partition coefficient (Wildman–Crippen LogP) is 2.36. The van der Waals surface area contributed by atoms with Gasteiger partial charge in [-0.2, -0.15) is 0 Å². The maximum atomic E-state index is 12.1. The van der Waals surface area contributed by atoms with Crippen LogP contribution in [0.4, 0.5) is 5.82 Å². The number of benzene rings is 1. The van der Waals surface area contributed by atoms with Gasteiger partial charge in [0.2, 0.25) is 0 Å². The molecule has 0 aliphatic heterocycles. The summed E-state index contributed by atoms with van der Waals surface area (Å²) in [5.41, 5.74) is 0.989. The first-order chi connectivity index (χ1) is 9.11. The van der Waals surface area contributed by atoms with Crippen LogP contribution in [-0.2, 0) is 0 Å². The Bertz CT molecular complexity index is 611. The molecule has 0 aliphatic rings. The molecule has 5 nitrogen and oxygen atoms in total. The number of nitrogens with one attached hydrogen (secondary N) is 1. The molecule has 1 aromatic heterocycles. The minimum Gasteiger partial charge on any atom is -0.507 e. The summed E-state index contributed by atoms with van der Waals surface area (Å²) in [5, 5.41) is 12.4. The first-order valence-corrected chi connectivity index (χ1v) is 5.72. The van der Waals surface area contributed by atoms with Crippen molar-refractivity contribution >= 4 is 11.7 Å². The van der Waals surface area contributed by atoms with Crippen molar-refractivity contribution in [2.45, 2.75) is 6.92 Å². The smallest absolute Gasteiger partial charge is 0.260 e. The van der Waals surface area contributed by atoms with E-state index in [4.69, 9.17) is 4.74 Å². The Morgan fingerprint density at radius 2 is 2.16 bits per heavy atom. The van der Waals surface area contributed by atoms with E-state index in [0.29, 0.717) is 11.6 Å². The van der Waals surface area contributed by atoms with E-state index in [2.05, 4.69) is 10.3 Å². The lowest BCUT2D eigenvalue weighted by atomic mass is 10.1. The monoisotopic (exact) mass is 258 g/mol. The lowest BCUT2D eigenvalue weighted by molar-refractivity contribution is 0.102. The molecule has 5 heteroatoms. The molecule has 1 aromatic carbocycles. The number of phenolic OH excluding ortho intramolecular Hbond substituents is 1. The van der Waals surface area contributed by atoms with Gasteiger partial charge in [-0.15, -0.1) is 0 Å². The van der Waals surface area contributed by atoms with Crippen LogP contribution in [0, 0.1) is 6.92 Å². The molecule has 0 bridgehead atoms. The summed E-state index contributed by atoms with van der Waals surface area (Å²) >= 11 is 0. The molecule has 0 saturated carbocycles. The summed E-state index contributed by atoms with van der Waals surface area (Å²) in [6, 6.07) is 8.10. The molecule has 2 rings (SSSR count). The Kier molecular flexibility index (Phi) is 3.66. The Morgan fingerprint density at radius 3 is 2.84 bits per heavy atom. The third-order valence-corrected chi connectivity index (χ3v) is 2.69. The minimum absolute atomic E-state index is 0.105. The quantitative estimate of drug-likeness (QED) is 0.886. The number of carbonyl (C=O) groups is 1. The molecule has 2 N–H and O–H groups in total. The Hall–Kier alpha value is -2.56. The Labute approximate surface area is 110 Å². The largest absolute Gasteiger partial charge is 0.507 e. The number of methoxy groups -OCH3 is 1. The minimum atomic E-state index is -0.432. The molecule has 98 valence electrons. The molecule has 0 unspecified atom stereocenters. The fourth-order valence-corrected chi connectivity index (χ4v) is 1.62. The Balaban J connectivity index is 2.28. The van der Waals surface area contributed by atoms with Crippen LogP contribution in [0.15, 0.2) is 36.5 Å². The zero-order valence-corrected chi connectivity index (χ0v) is 10.7.